The van der Waals surface area contributed by atoms with Crippen molar-refractivity contribution in [1.29, 1.82) is 0 Å². The molecule has 6 heteroatoms. The normalized spacial score (nSPS) is 21.8. The first kappa shape index (κ1) is 16.4. The van der Waals surface area contributed by atoms with Crippen LogP contribution in [0.25, 0.3) is 0 Å². The summed E-state index contributed by atoms with van der Waals surface area (Å²) in [6, 6.07) is 0.409. The second-order valence-electron chi connectivity index (χ2n) is 7.60. The molecule has 23 heavy (non-hydrogen) atoms. The lowest BCUT2D eigenvalue weighted by Gasteiger charge is -2.15. The van der Waals surface area contributed by atoms with Gasteiger partial charge in [0.05, 0.1) is 16.6 Å². The van der Waals surface area contributed by atoms with Gasteiger partial charge in [-0.05, 0) is 12.8 Å². The van der Waals surface area contributed by atoms with E-state index in [1.807, 2.05) is 4.90 Å². The fourth-order valence-electron chi connectivity index (χ4n) is 2.85. The molecule has 5 nitrogen and oxygen atoms in total. The Hall–Kier alpha value is -1.43. The Morgan fingerprint density at radius 1 is 1.43 bits per heavy atom. The third-order valence-corrected chi connectivity index (χ3v) is 5.38. The molecule has 1 aliphatic heterocycles. The topological polar surface area (TPSA) is 62.3 Å². The van der Waals surface area contributed by atoms with Gasteiger partial charge >= 0.3 is 0 Å². The van der Waals surface area contributed by atoms with E-state index >= 15 is 0 Å². The maximum atomic E-state index is 12.2. The highest BCUT2D eigenvalue weighted by Gasteiger charge is 2.41. The van der Waals surface area contributed by atoms with E-state index in [2.05, 4.69) is 36.5 Å². The van der Waals surface area contributed by atoms with Crippen LogP contribution >= 0.6 is 11.3 Å². The van der Waals surface area contributed by atoms with Crippen LogP contribution in [-0.2, 0) is 21.4 Å². The minimum atomic E-state index is -0.176. The summed E-state index contributed by atoms with van der Waals surface area (Å²) < 4.78 is 0. The Labute approximate surface area is 141 Å². The maximum absolute atomic E-state index is 12.2. The van der Waals surface area contributed by atoms with Crippen LogP contribution in [0.1, 0.15) is 50.7 Å². The van der Waals surface area contributed by atoms with Crippen molar-refractivity contribution < 1.29 is 9.59 Å². The van der Waals surface area contributed by atoms with Gasteiger partial charge in [-0.2, -0.15) is 0 Å². The summed E-state index contributed by atoms with van der Waals surface area (Å²) in [5.41, 5.74) is 1.17. The second kappa shape index (κ2) is 6.23. The van der Waals surface area contributed by atoms with Crippen LogP contribution in [0.15, 0.2) is 5.38 Å². The lowest BCUT2D eigenvalue weighted by atomic mass is 9.93. The molecular formula is C17H25N3O2S. The summed E-state index contributed by atoms with van der Waals surface area (Å²) in [5, 5.41) is 6.12. The van der Waals surface area contributed by atoms with Crippen LogP contribution in [0.2, 0.25) is 0 Å². The third kappa shape index (κ3) is 3.91. The molecule has 1 aliphatic carbocycles. The van der Waals surface area contributed by atoms with E-state index in [1.54, 1.807) is 11.3 Å². The molecule has 1 aromatic rings. The molecule has 126 valence electrons. The lowest BCUT2D eigenvalue weighted by molar-refractivity contribution is -0.129. The largest absolute Gasteiger partial charge is 0.355 e. The molecule has 2 fully saturated rings. The highest BCUT2D eigenvalue weighted by molar-refractivity contribution is 7.09. The van der Waals surface area contributed by atoms with Crippen molar-refractivity contribution in [2.75, 3.05) is 13.1 Å². The standard InChI is InChI=1S/C17H25N3O2S/c1-17(2,3)13-10-23-14(19-13)6-7-18-16(22)11-8-15(21)20(9-11)12-4-5-12/h10-12H,4-9H2,1-3H3,(H,18,22). The number of rotatable bonds is 5. The first-order chi connectivity index (χ1) is 10.8. The molecule has 0 bridgehead atoms. The zero-order valence-electron chi connectivity index (χ0n) is 14.1. The Kier molecular flexibility index (Phi) is 4.45. The molecule has 0 radical (unpaired) electrons. The zero-order chi connectivity index (χ0) is 16.6. The fraction of sp³-hybridized carbons (Fsp3) is 0.706. The molecule has 2 heterocycles. The Bertz CT molecular complexity index is 601. The highest BCUT2D eigenvalue weighted by Crippen LogP contribution is 2.32. The second-order valence-corrected chi connectivity index (χ2v) is 8.54. The third-order valence-electron chi connectivity index (χ3n) is 4.48. The van der Waals surface area contributed by atoms with Gasteiger partial charge in [-0.15, -0.1) is 11.3 Å². The van der Waals surface area contributed by atoms with Gasteiger partial charge in [-0.25, -0.2) is 4.98 Å². The number of thiazole rings is 1. The summed E-state index contributed by atoms with van der Waals surface area (Å²) in [6.07, 6.45) is 3.31. The van der Waals surface area contributed by atoms with Gasteiger partial charge in [0.15, 0.2) is 0 Å². The summed E-state index contributed by atoms with van der Waals surface area (Å²) in [5.74, 6) is -0.0268. The van der Waals surface area contributed by atoms with E-state index in [0.29, 0.717) is 25.6 Å². The number of aromatic nitrogens is 1. The number of hydrogen-bond acceptors (Lipinski definition) is 4. The van der Waals surface area contributed by atoms with E-state index in [-0.39, 0.29) is 23.1 Å². The van der Waals surface area contributed by atoms with Crippen molar-refractivity contribution in [2.24, 2.45) is 5.92 Å². The minimum absolute atomic E-state index is 0.00843. The highest BCUT2D eigenvalue weighted by atomic mass is 32.1. The van der Waals surface area contributed by atoms with E-state index in [1.165, 1.54) is 0 Å². The van der Waals surface area contributed by atoms with E-state index in [0.717, 1.165) is 30.0 Å². The summed E-state index contributed by atoms with van der Waals surface area (Å²) in [7, 11) is 0. The van der Waals surface area contributed by atoms with Crippen molar-refractivity contribution in [3.63, 3.8) is 0 Å². The molecule has 1 saturated heterocycles. The molecule has 0 spiro atoms. The molecular weight excluding hydrogens is 310 g/mol. The van der Waals surface area contributed by atoms with Crippen LogP contribution in [0, 0.1) is 5.92 Å². The van der Waals surface area contributed by atoms with Crippen LogP contribution in [-0.4, -0.2) is 40.8 Å². The van der Waals surface area contributed by atoms with Crippen LogP contribution in [0.4, 0.5) is 0 Å². The average Bonchev–Trinajstić information content (AvgIpc) is 3.05. The molecule has 1 N–H and O–H groups in total. The molecule has 1 aromatic heterocycles. The monoisotopic (exact) mass is 335 g/mol. The van der Waals surface area contributed by atoms with Crippen molar-refractivity contribution >= 4 is 23.2 Å². The first-order valence-corrected chi connectivity index (χ1v) is 9.24. The number of nitrogens with zero attached hydrogens (tertiary/aromatic N) is 2. The fourth-order valence-corrected chi connectivity index (χ4v) is 3.88. The molecule has 0 aromatic carbocycles. The number of hydrogen-bond donors (Lipinski definition) is 1. The van der Waals surface area contributed by atoms with Crippen molar-refractivity contribution in [2.45, 2.75) is 57.9 Å². The van der Waals surface area contributed by atoms with Gasteiger partial charge in [0.25, 0.3) is 0 Å². The van der Waals surface area contributed by atoms with Gasteiger partial charge in [0.2, 0.25) is 11.8 Å². The number of likely N-dealkylation sites (tertiary alicyclic amines) is 1. The number of nitrogens with one attached hydrogen (secondary N) is 1. The predicted octanol–water partition coefficient (Wildman–Crippen LogP) is 2.11. The van der Waals surface area contributed by atoms with Crippen molar-refractivity contribution in [1.82, 2.24) is 15.2 Å². The Balaban J connectivity index is 1.44. The number of carbonyl (C=O) groups is 2. The van der Waals surface area contributed by atoms with E-state index in [9.17, 15) is 9.59 Å². The maximum Gasteiger partial charge on any atom is 0.225 e. The molecule has 1 saturated carbocycles. The molecule has 1 unspecified atom stereocenters. The van der Waals surface area contributed by atoms with Gasteiger partial charge < -0.3 is 10.2 Å². The summed E-state index contributed by atoms with van der Waals surface area (Å²) in [6.45, 7) is 7.63. The van der Waals surface area contributed by atoms with Gasteiger partial charge in [-0.1, -0.05) is 20.8 Å². The van der Waals surface area contributed by atoms with Crippen molar-refractivity contribution in [3.8, 4) is 0 Å². The number of carbonyl (C=O) groups excluding carboxylic acids is 2. The molecule has 2 aliphatic rings. The van der Waals surface area contributed by atoms with Crippen LogP contribution < -0.4 is 5.32 Å². The Morgan fingerprint density at radius 2 is 2.17 bits per heavy atom. The molecule has 1 atom stereocenters. The van der Waals surface area contributed by atoms with E-state index in [4.69, 9.17) is 0 Å². The van der Waals surface area contributed by atoms with Crippen LogP contribution in [0.3, 0.4) is 0 Å². The zero-order valence-corrected chi connectivity index (χ0v) is 14.9. The summed E-state index contributed by atoms with van der Waals surface area (Å²) >= 11 is 1.65. The quantitative estimate of drug-likeness (QED) is 0.896. The smallest absolute Gasteiger partial charge is 0.225 e. The van der Waals surface area contributed by atoms with Crippen LogP contribution in [0.5, 0.6) is 0 Å². The van der Waals surface area contributed by atoms with Crippen molar-refractivity contribution in [3.05, 3.63) is 16.1 Å². The van der Waals surface area contributed by atoms with Gasteiger partial charge in [0, 0.05) is 42.8 Å². The minimum Gasteiger partial charge on any atom is -0.355 e. The lowest BCUT2D eigenvalue weighted by Crippen LogP contribution is -2.34. The Morgan fingerprint density at radius 3 is 2.78 bits per heavy atom. The SMILES string of the molecule is CC(C)(C)c1csc(CCNC(=O)C2CC(=O)N(C3CC3)C2)n1. The summed E-state index contributed by atoms with van der Waals surface area (Å²) in [4.78, 5) is 30.7. The average molecular weight is 335 g/mol. The van der Waals surface area contributed by atoms with E-state index < -0.39 is 0 Å². The number of amides is 2. The first-order valence-electron chi connectivity index (χ1n) is 8.36. The van der Waals surface area contributed by atoms with Gasteiger partial charge in [0.1, 0.15) is 0 Å². The van der Waals surface area contributed by atoms with Gasteiger partial charge in [-0.3, -0.25) is 9.59 Å². The predicted molar refractivity (Wildman–Crippen MR) is 90.4 cm³/mol. The molecule has 2 amide bonds. The molecule has 3 rings (SSSR count).